The molecule has 4 aliphatic heterocycles. The van der Waals surface area contributed by atoms with Gasteiger partial charge in [0, 0.05) is 31.5 Å². The van der Waals surface area contributed by atoms with Gasteiger partial charge in [0.15, 0.2) is 5.82 Å². The summed E-state index contributed by atoms with van der Waals surface area (Å²) in [6, 6.07) is 7.50. The molecule has 0 spiro atoms. The number of anilines is 1. The number of hydrogen-bond donors (Lipinski definition) is 1. The summed E-state index contributed by atoms with van der Waals surface area (Å²) in [5, 5.41) is 10.1. The fraction of sp³-hybridized carbons (Fsp3) is 0.588. The topological polar surface area (TPSA) is 104 Å². The average Bonchev–Trinajstić information content (AvgIpc) is 3.66. The van der Waals surface area contributed by atoms with Crippen LogP contribution in [0.3, 0.4) is 0 Å². The van der Waals surface area contributed by atoms with Gasteiger partial charge < -0.3 is 19.5 Å². The molecule has 0 radical (unpaired) electrons. The monoisotopic (exact) mass is 618 g/mol. The molecular weight excluding hydrogens is 575 g/mol. The highest BCUT2D eigenvalue weighted by Gasteiger charge is 2.46. The molecule has 4 fully saturated rings. The summed E-state index contributed by atoms with van der Waals surface area (Å²) in [5.41, 5.74) is 1.20. The van der Waals surface area contributed by atoms with Crippen molar-refractivity contribution in [1.29, 1.82) is 0 Å². The summed E-state index contributed by atoms with van der Waals surface area (Å²) < 4.78 is 28.7. The Hall–Kier alpha value is -3.57. The van der Waals surface area contributed by atoms with Gasteiger partial charge in [0.05, 0.1) is 23.0 Å². The van der Waals surface area contributed by atoms with Gasteiger partial charge in [-0.3, -0.25) is 14.8 Å². The van der Waals surface area contributed by atoms with E-state index in [1.165, 1.54) is 0 Å². The molecule has 240 valence electrons. The molecule has 6 heterocycles. The molecule has 1 amide bonds. The first-order valence-electron chi connectivity index (χ1n) is 16.4. The van der Waals surface area contributed by atoms with Crippen molar-refractivity contribution in [3.63, 3.8) is 0 Å². The maximum absolute atomic E-state index is 16.6. The van der Waals surface area contributed by atoms with Gasteiger partial charge in [0.1, 0.15) is 29.2 Å². The van der Waals surface area contributed by atoms with Gasteiger partial charge in [-0.05, 0) is 84.4 Å². The van der Waals surface area contributed by atoms with E-state index in [-0.39, 0.29) is 47.5 Å². The molecule has 11 heteroatoms. The van der Waals surface area contributed by atoms with Crippen molar-refractivity contribution >= 4 is 22.8 Å². The Morgan fingerprint density at radius 3 is 2.49 bits per heavy atom. The predicted molar refractivity (Wildman–Crippen MR) is 169 cm³/mol. The number of amides is 1. The van der Waals surface area contributed by atoms with Crippen molar-refractivity contribution in [3.05, 3.63) is 41.8 Å². The second-order valence-corrected chi connectivity index (χ2v) is 14.0. The van der Waals surface area contributed by atoms with Crippen molar-refractivity contribution < 1.29 is 23.8 Å². The highest BCUT2D eigenvalue weighted by Crippen LogP contribution is 2.41. The minimum Gasteiger partial charge on any atom is -0.461 e. The van der Waals surface area contributed by atoms with Gasteiger partial charge in [0.25, 0.3) is 0 Å². The number of ether oxygens (including phenoxy) is 2. The molecule has 3 aromatic rings. The molecule has 2 bridgehead atoms. The van der Waals surface area contributed by atoms with Crippen LogP contribution in [0.2, 0.25) is 0 Å². The van der Waals surface area contributed by atoms with Crippen LogP contribution < -0.4 is 9.64 Å². The van der Waals surface area contributed by atoms with Gasteiger partial charge >= 0.3 is 12.1 Å². The van der Waals surface area contributed by atoms with Crippen LogP contribution in [0.5, 0.6) is 6.01 Å². The van der Waals surface area contributed by atoms with E-state index in [0.29, 0.717) is 42.9 Å². The molecule has 4 saturated heterocycles. The van der Waals surface area contributed by atoms with Crippen LogP contribution >= 0.6 is 0 Å². The van der Waals surface area contributed by atoms with Crippen LogP contribution in [-0.2, 0) is 11.2 Å². The molecule has 2 atom stereocenters. The second kappa shape index (κ2) is 11.7. The van der Waals surface area contributed by atoms with E-state index >= 15 is 4.39 Å². The fourth-order valence-electron chi connectivity index (χ4n) is 7.95. The van der Waals surface area contributed by atoms with Gasteiger partial charge in [0.2, 0.25) is 0 Å². The number of benzene rings is 1. The maximum Gasteiger partial charge on any atom is 0.410 e. The molecule has 1 N–H and O–H groups in total. The zero-order chi connectivity index (χ0) is 31.3. The number of carbonyl (C=O) groups is 1. The number of halogens is 1. The molecule has 10 nitrogen and oxygen atoms in total. The van der Waals surface area contributed by atoms with E-state index in [1.54, 1.807) is 6.20 Å². The molecule has 0 saturated carbocycles. The Morgan fingerprint density at radius 2 is 1.80 bits per heavy atom. The van der Waals surface area contributed by atoms with Crippen molar-refractivity contribution in [3.8, 4) is 17.3 Å². The summed E-state index contributed by atoms with van der Waals surface area (Å²) in [6.45, 7) is 9.30. The van der Waals surface area contributed by atoms with Crippen molar-refractivity contribution in [2.45, 2.75) is 88.9 Å². The average molecular weight is 619 g/mol. The third-order valence-corrected chi connectivity index (χ3v) is 9.96. The molecule has 45 heavy (non-hydrogen) atoms. The van der Waals surface area contributed by atoms with Crippen LogP contribution in [0.1, 0.15) is 64.9 Å². The van der Waals surface area contributed by atoms with Crippen LogP contribution in [0.4, 0.5) is 15.0 Å². The van der Waals surface area contributed by atoms with E-state index in [4.69, 9.17) is 14.5 Å². The van der Waals surface area contributed by atoms with Gasteiger partial charge in [-0.15, -0.1) is 0 Å². The third-order valence-electron chi connectivity index (χ3n) is 9.96. The molecule has 2 aromatic heterocycles. The fourth-order valence-corrected chi connectivity index (χ4v) is 7.95. The first-order chi connectivity index (χ1) is 21.7. The maximum atomic E-state index is 16.6. The summed E-state index contributed by atoms with van der Waals surface area (Å²) in [6.07, 6.45) is 7.93. The lowest BCUT2D eigenvalue weighted by atomic mass is 9.95. The van der Waals surface area contributed by atoms with E-state index in [0.717, 1.165) is 57.2 Å². The lowest BCUT2D eigenvalue weighted by Crippen LogP contribution is -2.57. The SMILES string of the molecule is CC(C)(C)OC(=O)N1C2CCC1CN(c1nc(OCC34CCCN3CCC4)nc3c(F)c(-c4ccccc4CCO)ncc13)C2. The second-order valence-electron chi connectivity index (χ2n) is 14.0. The van der Waals surface area contributed by atoms with E-state index < -0.39 is 11.4 Å². The normalized spacial score (nSPS) is 22.7. The van der Waals surface area contributed by atoms with Crippen LogP contribution in [-0.4, -0.2) is 98.6 Å². The lowest BCUT2D eigenvalue weighted by molar-refractivity contribution is 0.0122. The smallest absolute Gasteiger partial charge is 0.410 e. The number of piperazine rings is 1. The Labute approximate surface area is 263 Å². The standard InChI is InChI=1S/C34H43FN6O4/c1-33(2,3)45-32(43)41-23-10-11-24(41)20-39(19-23)30-26-18-36-28(25-9-5-4-8-22(25)12-17-42)27(35)29(26)37-31(38-30)44-21-34-13-6-15-40(34)16-7-14-34/h4-5,8-9,18,23-24,42H,6-7,10-17,19-21H2,1-3H3. The van der Waals surface area contributed by atoms with Gasteiger partial charge in [-0.1, -0.05) is 24.3 Å². The van der Waals surface area contributed by atoms with E-state index in [9.17, 15) is 9.90 Å². The molecule has 0 aliphatic carbocycles. The minimum atomic E-state index is -0.576. The number of fused-ring (bicyclic) bond motifs is 4. The number of aromatic nitrogens is 3. The van der Waals surface area contributed by atoms with E-state index in [2.05, 4.69) is 19.8 Å². The van der Waals surface area contributed by atoms with E-state index in [1.807, 2.05) is 49.9 Å². The summed E-state index contributed by atoms with van der Waals surface area (Å²) in [4.78, 5) is 33.9. The Morgan fingerprint density at radius 1 is 1.09 bits per heavy atom. The first-order valence-corrected chi connectivity index (χ1v) is 16.4. The van der Waals surface area contributed by atoms with Crippen LogP contribution in [0, 0.1) is 5.82 Å². The Balaban J connectivity index is 1.26. The molecule has 7 rings (SSSR count). The van der Waals surface area contributed by atoms with Crippen LogP contribution in [0.15, 0.2) is 30.5 Å². The number of aliphatic hydroxyl groups excluding tert-OH is 1. The molecule has 1 aromatic carbocycles. The highest BCUT2D eigenvalue weighted by molar-refractivity contribution is 5.92. The number of pyridine rings is 1. The zero-order valence-electron chi connectivity index (χ0n) is 26.5. The largest absolute Gasteiger partial charge is 0.461 e. The van der Waals surface area contributed by atoms with Gasteiger partial charge in [-0.25, -0.2) is 9.18 Å². The summed E-state index contributed by atoms with van der Waals surface area (Å²) in [5.74, 6) is 0.0350. The first kappa shape index (κ1) is 30.1. The molecule has 2 unspecified atom stereocenters. The summed E-state index contributed by atoms with van der Waals surface area (Å²) in [7, 11) is 0. The van der Waals surface area contributed by atoms with Gasteiger partial charge in [-0.2, -0.15) is 9.97 Å². The number of hydrogen-bond acceptors (Lipinski definition) is 9. The number of carbonyl (C=O) groups excluding carboxylic acids is 1. The Kier molecular flexibility index (Phi) is 7.80. The molecular formula is C34H43FN6O4. The summed E-state index contributed by atoms with van der Waals surface area (Å²) >= 11 is 0. The molecule has 4 aliphatic rings. The third kappa shape index (κ3) is 5.58. The predicted octanol–water partition coefficient (Wildman–Crippen LogP) is 4.96. The number of aliphatic hydroxyl groups is 1. The van der Waals surface area contributed by atoms with Crippen molar-refractivity contribution in [1.82, 2.24) is 24.8 Å². The number of rotatable bonds is 7. The van der Waals surface area contributed by atoms with Crippen molar-refractivity contribution in [2.24, 2.45) is 0 Å². The van der Waals surface area contributed by atoms with Crippen molar-refractivity contribution in [2.75, 3.05) is 44.3 Å². The number of nitrogens with zero attached hydrogens (tertiary/aromatic N) is 6. The Bertz CT molecular complexity index is 1570. The minimum absolute atomic E-state index is 0.0121. The zero-order valence-corrected chi connectivity index (χ0v) is 26.5. The quantitative estimate of drug-likeness (QED) is 0.394. The van der Waals surface area contributed by atoms with Crippen LogP contribution in [0.25, 0.3) is 22.2 Å². The lowest BCUT2D eigenvalue weighted by Gasteiger charge is -2.42. The highest BCUT2D eigenvalue weighted by atomic mass is 19.1.